The third-order valence-electron chi connectivity index (χ3n) is 5.16. The van der Waals surface area contributed by atoms with Crippen LogP contribution in [0.4, 0.5) is 10.1 Å². The molecule has 0 spiro atoms. The number of hydrogen-bond donors (Lipinski definition) is 2. The zero-order valence-corrected chi connectivity index (χ0v) is 17.1. The van der Waals surface area contributed by atoms with E-state index in [2.05, 4.69) is 15.8 Å². The molecule has 3 aromatic rings. The first-order valence-electron chi connectivity index (χ1n) is 10.1. The summed E-state index contributed by atoms with van der Waals surface area (Å²) in [5.41, 5.74) is 6.15. The first-order chi connectivity index (χ1) is 15.0. The molecule has 0 fully saturated rings. The van der Waals surface area contributed by atoms with Gasteiger partial charge in [0.15, 0.2) is 5.76 Å². The van der Waals surface area contributed by atoms with E-state index in [4.69, 9.17) is 4.42 Å². The van der Waals surface area contributed by atoms with E-state index in [1.807, 2.05) is 30.3 Å². The second kappa shape index (κ2) is 8.95. The number of halogens is 1. The lowest BCUT2D eigenvalue weighted by Gasteiger charge is -2.13. The second-order valence-electron chi connectivity index (χ2n) is 7.42. The van der Waals surface area contributed by atoms with Gasteiger partial charge in [-0.3, -0.25) is 9.59 Å². The largest absolute Gasteiger partial charge is 0.455 e. The Hall–Kier alpha value is -3.74. The maximum absolute atomic E-state index is 13.1. The number of anilines is 1. The Labute approximate surface area is 179 Å². The summed E-state index contributed by atoms with van der Waals surface area (Å²) in [4.78, 5) is 25.0. The number of nitrogens with zero attached hydrogens (tertiary/aromatic N) is 1. The lowest BCUT2D eigenvalue weighted by molar-refractivity contribution is -0.120. The zero-order chi connectivity index (χ0) is 21.8. The van der Waals surface area contributed by atoms with E-state index < -0.39 is 5.91 Å². The molecular formula is C24H22FN3O3. The van der Waals surface area contributed by atoms with Gasteiger partial charge in [-0.05, 0) is 49.6 Å². The van der Waals surface area contributed by atoms with Gasteiger partial charge in [-0.25, -0.2) is 9.82 Å². The van der Waals surface area contributed by atoms with Gasteiger partial charge in [0, 0.05) is 23.2 Å². The molecule has 31 heavy (non-hydrogen) atoms. The monoisotopic (exact) mass is 419 g/mol. The number of hydrazone groups is 1. The Kier molecular flexibility index (Phi) is 5.93. The van der Waals surface area contributed by atoms with Crippen molar-refractivity contribution in [3.05, 3.63) is 88.6 Å². The van der Waals surface area contributed by atoms with E-state index in [1.54, 1.807) is 6.92 Å². The van der Waals surface area contributed by atoms with Crippen molar-refractivity contribution >= 4 is 23.2 Å². The van der Waals surface area contributed by atoms with Gasteiger partial charge in [0.25, 0.3) is 5.91 Å². The van der Waals surface area contributed by atoms with E-state index in [1.165, 1.54) is 24.3 Å². The number of rotatable bonds is 5. The van der Waals surface area contributed by atoms with Crippen molar-refractivity contribution in [1.29, 1.82) is 0 Å². The van der Waals surface area contributed by atoms with Gasteiger partial charge in [0.2, 0.25) is 5.91 Å². The van der Waals surface area contributed by atoms with Crippen molar-refractivity contribution in [1.82, 2.24) is 5.43 Å². The number of fused-ring (bicyclic) bond motifs is 1. The summed E-state index contributed by atoms with van der Waals surface area (Å²) in [7, 11) is 0. The summed E-state index contributed by atoms with van der Waals surface area (Å²) >= 11 is 0. The molecule has 0 saturated heterocycles. The molecule has 158 valence electrons. The van der Waals surface area contributed by atoms with Crippen molar-refractivity contribution in [3.63, 3.8) is 0 Å². The molecule has 0 atom stereocenters. The molecule has 1 heterocycles. The molecule has 4 rings (SSSR count). The fraction of sp³-hybridized carbons (Fsp3) is 0.208. The van der Waals surface area contributed by atoms with Crippen LogP contribution in [0.2, 0.25) is 0 Å². The molecule has 1 aromatic heterocycles. The van der Waals surface area contributed by atoms with Crippen LogP contribution >= 0.6 is 0 Å². The van der Waals surface area contributed by atoms with Crippen LogP contribution in [0.5, 0.6) is 0 Å². The van der Waals surface area contributed by atoms with E-state index in [0.717, 1.165) is 17.5 Å². The Morgan fingerprint density at radius 2 is 1.81 bits per heavy atom. The van der Waals surface area contributed by atoms with Gasteiger partial charge >= 0.3 is 0 Å². The number of furan rings is 1. The highest BCUT2D eigenvalue weighted by Gasteiger charge is 2.28. The number of carbonyl (C=O) groups is 2. The van der Waals surface area contributed by atoms with Gasteiger partial charge in [-0.2, -0.15) is 5.10 Å². The molecule has 7 heteroatoms. The molecule has 6 nitrogen and oxygen atoms in total. The lowest BCUT2D eigenvalue weighted by atomic mass is 9.93. The topological polar surface area (TPSA) is 83.7 Å². The van der Waals surface area contributed by atoms with Gasteiger partial charge < -0.3 is 9.73 Å². The van der Waals surface area contributed by atoms with Crippen LogP contribution in [0.3, 0.4) is 0 Å². The highest BCUT2D eigenvalue weighted by atomic mass is 19.1. The van der Waals surface area contributed by atoms with Gasteiger partial charge in [0.1, 0.15) is 11.6 Å². The van der Waals surface area contributed by atoms with Crippen LogP contribution in [-0.4, -0.2) is 17.5 Å². The van der Waals surface area contributed by atoms with Crippen LogP contribution in [0.15, 0.2) is 64.1 Å². The second-order valence-corrected chi connectivity index (χ2v) is 7.42. The molecule has 1 aliphatic carbocycles. The molecule has 2 N–H and O–H groups in total. The number of nitrogens with one attached hydrogen (secondary N) is 2. The summed E-state index contributed by atoms with van der Waals surface area (Å²) in [5, 5.41) is 7.05. The fourth-order valence-electron chi connectivity index (χ4n) is 3.67. The number of hydrogen-bond acceptors (Lipinski definition) is 4. The first-order valence-corrected chi connectivity index (χ1v) is 10.1. The highest BCUT2D eigenvalue weighted by Crippen LogP contribution is 2.30. The quantitative estimate of drug-likeness (QED) is 0.602. The average molecular weight is 419 g/mol. The highest BCUT2D eigenvalue weighted by molar-refractivity contribution is 6.09. The molecule has 0 saturated carbocycles. The molecule has 0 aliphatic heterocycles. The molecule has 0 bridgehead atoms. The van der Waals surface area contributed by atoms with Gasteiger partial charge in [-0.1, -0.05) is 30.3 Å². The predicted octanol–water partition coefficient (Wildman–Crippen LogP) is 4.38. The number of aryl methyl sites for hydroxylation is 1. The first kappa shape index (κ1) is 20.5. The Morgan fingerprint density at radius 1 is 1.06 bits per heavy atom. The standard InChI is InChI=1S/C24H22FN3O3/c1-15-22-19(27-28-21(29)14-16-6-3-2-4-7-16)8-5-9-20(22)31-23(15)24(30)26-18-12-10-17(25)11-13-18/h2-4,6-7,10-13H,5,8-9,14H2,1H3,(H,26,30)(H,28,29)/b27-19+. The maximum Gasteiger partial charge on any atom is 0.291 e. The van der Waals surface area contributed by atoms with Crippen LogP contribution < -0.4 is 10.7 Å². The van der Waals surface area contributed by atoms with Crippen molar-refractivity contribution in [3.8, 4) is 0 Å². The zero-order valence-electron chi connectivity index (χ0n) is 17.1. The van der Waals surface area contributed by atoms with Crippen molar-refractivity contribution in [2.75, 3.05) is 5.32 Å². The number of amides is 2. The minimum absolute atomic E-state index is 0.194. The third kappa shape index (κ3) is 4.71. The van der Waals surface area contributed by atoms with Crippen molar-refractivity contribution in [2.45, 2.75) is 32.6 Å². The van der Waals surface area contributed by atoms with E-state index >= 15 is 0 Å². The summed E-state index contributed by atoms with van der Waals surface area (Å²) < 4.78 is 18.9. The van der Waals surface area contributed by atoms with E-state index in [9.17, 15) is 14.0 Å². The normalized spacial score (nSPS) is 14.2. The van der Waals surface area contributed by atoms with Crippen LogP contribution in [0.1, 0.15) is 45.8 Å². The molecule has 0 unspecified atom stereocenters. The minimum Gasteiger partial charge on any atom is -0.455 e. The third-order valence-corrected chi connectivity index (χ3v) is 5.16. The van der Waals surface area contributed by atoms with E-state index in [0.29, 0.717) is 35.6 Å². The molecular weight excluding hydrogens is 397 g/mol. The van der Waals surface area contributed by atoms with Crippen LogP contribution in [-0.2, 0) is 17.6 Å². The Bertz CT molecular complexity index is 1130. The fourth-order valence-corrected chi connectivity index (χ4v) is 3.67. The number of carbonyl (C=O) groups excluding carboxylic acids is 2. The van der Waals surface area contributed by atoms with E-state index in [-0.39, 0.29) is 23.9 Å². The van der Waals surface area contributed by atoms with Gasteiger partial charge in [-0.15, -0.1) is 0 Å². The molecule has 0 radical (unpaired) electrons. The van der Waals surface area contributed by atoms with Crippen LogP contribution in [0, 0.1) is 12.7 Å². The maximum atomic E-state index is 13.1. The minimum atomic E-state index is -0.411. The SMILES string of the molecule is Cc1c(C(=O)Nc2ccc(F)cc2)oc2c1/C(=N/NC(=O)Cc1ccccc1)CCC2. The summed E-state index contributed by atoms with van der Waals surface area (Å²) in [6.07, 6.45) is 2.42. The van der Waals surface area contributed by atoms with Crippen LogP contribution in [0.25, 0.3) is 0 Å². The number of benzene rings is 2. The smallest absolute Gasteiger partial charge is 0.291 e. The Balaban J connectivity index is 1.51. The average Bonchev–Trinajstić information content (AvgIpc) is 3.12. The lowest BCUT2D eigenvalue weighted by Crippen LogP contribution is -2.23. The molecule has 2 aromatic carbocycles. The summed E-state index contributed by atoms with van der Waals surface area (Å²) in [5.74, 6) is -0.117. The Morgan fingerprint density at radius 3 is 2.55 bits per heavy atom. The summed E-state index contributed by atoms with van der Waals surface area (Å²) in [6, 6.07) is 15.0. The van der Waals surface area contributed by atoms with Crippen molar-refractivity contribution < 1.29 is 18.4 Å². The van der Waals surface area contributed by atoms with Crippen molar-refractivity contribution in [2.24, 2.45) is 5.10 Å². The summed E-state index contributed by atoms with van der Waals surface area (Å²) in [6.45, 7) is 1.80. The molecule has 2 amide bonds. The van der Waals surface area contributed by atoms with Gasteiger partial charge in [0.05, 0.1) is 12.1 Å². The predicted molar refractivity (Wildman–Crippen MR) is 116 cm³/mol. The molecule has 1 aliphatic rings.